The highest BCUT2D eigenvalue weighted by Crippen LogP contribution is 2.11. The molecule has 0 aliphatic carbocycles. The molecule has 17 heavy (non-hydrogen) atoms. The van der Waals surface area contributed by atoms with Crippen molar-refractivity contribution < 1.29 is 9.47 Å². The van der Waals surface area contributed by atoms with Crippen molar-refractivity contribution in [2.75, 3.05) is 47.6 Å². The van der Waals surface area contributed by atoms with E-state index in [2.05, 4.69) is 24.1 Å². The topological polar surface area (TPSA) is 33.7 Å². The third-order valence-electron chi connectivity index (χ3n) is 3.14. The van der Waals surface area contributed by atoms with E-state index in [0.717, 1.165) is 26.3 Å². The van der Waals surface area contributed by atoms with Gasteiger partial charge in [-0.1, -0.05) is 0 Å². The van der Waals surface area contributed by atoms with Gasteiger partial charge in [0.25, 0.3) is 0 Å². The first kappa shape index (κ1) is 16.8. The van der Waals surface area contributed by atoms with Gasteiger partial charge >= 0.3 is 0 Å². The lowest BCUT2D eigenvalue weighted by atomic mass is 10.1. The standard InChI is InChI=1S/C13H30N2O2/c1-12(7-6-8-14-3)15(9-10-16-4)13(2)11-17-5/h12-14H,6-11H2,1-5H3. The molecule has 0 aromatic carbocycles. The average molecular weight is 246 g/mol. The molecule has 1 N–H and O–H groups in total. The Labute approximate surface area is 107 Å². The summed E-state index contributed by atoms with van der Waals surface area (Å²) in [4.78, 5) is 2.47. The van der Waals surface area contributed by atoms with Gasteiger partial charge in [-0.2, -0.15) is 0 Å². The van der Waals surface area contributed by atoms with Crippen LogP contribution in [0.15, 0.2) is 0 Å². The Morgan fingerprint density at radius 3 is 2.35 bits per heavy atom. The highest BCUT2D eigenvalue weighted by molar-refractivity contribution is 4.73. The molecule has 4 nitrogen and oxygen atoms in total. The highest BCUT2D eigenvalue weighted by Gasteiger charge is 2.19. The largest absolute Gasteiger partial charge is 0.383 e. The van der Waals surface area contributed by atoms with Gasteiger partial charge in [0.2, 0.25) is 0 Å². The van der Waals surface area contributed by atoms with Gasteiger partial charge in [-0.25, -0.2) is 0 Å². The second-order valence-electron chi connectivity index (χ2n) is 4.63. The summed E-state index contributed by atoms with van der Waals surface area (Å²) in [6.45, 7) is 8.12. The maximum absolute atomic E-state index is 5.25. The van der Waals surface area contributed by atoms with Crippen molar-refractivity contribution in [1.82, 2.24) is 10.2 Å². The van der Waals surface area contributed by atoms with Gasteiger partial charge in [0.1, 0.15) is 0 Å². The van der Waals surface area contributed by atoms with Crippen LogP contribution in [0.2, 0.25) is 0 Å². The van der Waals surface area contributed by atoms with Crippen molar-refractivity contribution in [3.63, 3.8) is 0 Å². The first-order valence-electron chi connectivity index (χ1n) is 6.55. The molecule has 0 saturated carbocycles. The Morgan fingerprint density at radius 2 is 1.82 bits per heavy atom. The Bertz CT molecular complexity index is 167. The molecule has 0 aromatic rings. The zero-order valence-corrected chi connectivity index (χ0v) is 12.2. The predicted molar refractivity (Wildman–Crippen MR) is 72.5 cm³/mol. The summed E-state index contributed by atoms with van der Waals surface area (Å²) in [5, 5.41) is 3.19. The van der Waals surface area contributed by atoms with E-state index in [0.29, 0.717) is 12.1 Å². The van der Waals surface area contributed by atoms with Crippen molar-refractivity contribution in [3.05, 3.63) is 0 Å². The molecule has 0 spiro atoms. The van der Waals surface area contributed by atoms with Gasteiger partial charge in [0.15, 0.2) is 0 Å². The average Bonchev–Trinajstić information content (AvgIpc) is 2.30. The molecule has 0 rings (SSSR count). The minimum absolute atomic E-state index is 0.444. The Kier molecular flexibility index (Phi) is 10.9. The molecule has 0 saturated heterocycles. The van der Waals surface area contributed by atoms with Crippen LogP contribution in [0.4, 0.5) is 0 Å². The molecule has 0 bridgehead atoms. The Hall–Kier alpha value is -0.160. The maximum atomic E-state index is 5.25. The summed E-state index contributed by atoms with van der Waals surface area (Å²) >= 11 is 0. The van der Waals surface area contributed by atoms with Crippen LogP contribution in [0.25, 0.3) is 0 Å². The molecule has 0 aromatic heterocycles. The van der Waals surface area contributed by atoms with Crippen LogP contribution in [0.3, 0.4) is 0 Å². The summed E-state index contributed by atoms with van der Waals surface area (Å²) in [6, 6.07) is 1.02. The number of methoxy groups -OCH3 is 2. The fourth-order valence-electron chi connectivity index (χ4n) is 2.15. The zero-order chi connectivity index (χ0) is 13.1. The molecule has 2 atom stereocenters. The van der Waals surface area contributed by atoms with Crippen LogP contribution < -0.4 is 5.32 Å². The van der Waals surface area contributed by atoms with E-state index >= 15 is 0 Å². The number of hydrogen-bond acceptors (Lipinski definition) is 4. The Morgan fingerprint density at radius 1 is 1.12 bits per heavy atom. The lowest BCUT2D eigenvalue weighted by molar-refractivity contribution is 0.0489. The van der Waals surface area contributed by atoms with Crippen LogP contribution in [0, 0.1) is 0 Å². The number of nitrogens with one attached hydrogen (secondary N) is 1. The zero-order valence-electron chi connectivity index (χ0n) is 12.2. The van der Waals surface area contributed by atoms with Crippen molar-refractivity contribution in [1.29, 1.82) is 0 Å². The number of ether oxygens (including phenoxy) is 2. The van der Waals surface area contributed by atoms with Gasteiger partial charge < -0.3 is 14.8 Å². The van der Waals surface area contributed by atoms with E-state index in [1.165, 1.54) is 12.8 Å². The van der Waals surface area contributed by atoms with E-state index in [1.54, 1.807) is 14.2 Å². The van der Waals surface area contributed by atoms with Gasteiger partial charge in [-0.05, 0) is 40.3 Å². The fraction of sp³-hybridized carbons (Fsp3) is 1.00. The summed E-state index contributed by atoms with van der Waals surface area (Å²) in [5.74, 6) is 0. The van der Waals surface area contributed by atoms with E-state index in [-0.39, 0.29) is 0 Å². The highest BCUT2D eigenvalue weighted by atomic mass is 16.5. The molecule has 104 valence electrons. The van der Waals surface area contributed by atoms with Gasteiger partial charge in [-0.15, -0.1) is 0 Å². The normalized spacial score (nSPS) is 15.2. The van der Waals surface area contributed by atoms with Crippen LogP contribution in [-0.4, -0.2) is 64.6 Å². The van der Waals surface area contributed by atoms with Crippen molar-refractivity contribution in [2.45, 2.75) is 38.8 Å². The second kappa shape index (κ2) is 11.0. The third-order valence-corrected chi connectivity index (χ3v) is 3.14. The summed E-state index contributed by atoms with van der Waals surface area (Å²) in [5.41, 5.74) is 0. The van der Waals surface area contributed by atoms with Crippen LogP contribution >= 0.6 is 0 Å². The van der Waals surface area contributed by atoms with E-state index in [9.17, 15) is 0 Å². The van der Waals surface area contributed by atoms with Crippen LogP contribution in [0.5, 0.6) is 0 Å². The first-order valence-corrected chi connectivity index (χ1v) is 6.55. The molecule has 0 aliphatic rings. The lowest BCUT2D eigenvalue weighted by Gasteiger charge is -2.34. The first-order chi connectivity index (χ1) is 8.17. The number of hydrogen-bond donors (Lipinski definition) is 1. The minimum Gasteiger partial charge on any atom is -0.383 e. The van der Waals surface area contributed by atoms with Gasteiger partial charge in [-0.3, -0.25) is 4.90 Å². The molecule has 0 fully saturated rings. The summed E-state index contributed by atoms with van der Waals surface area (Å²) in [7, 11) is 5.52. The molecule has 0 amide bonds. The van der Waals surface area contributed by atoms with Gasteiger partial charge in [0, 0.05) is 32.8 Å². The maximum Gasteiger partial charge on any atom is 0.0615 e. The number of nitrogens with zero attached hydrogens (tertiary/aromatic N) is 1. The number of rotatable bonds is 11. The quantitative estimate of drug-likeness (QED) is 0.558. The van der Waals surface area contributed by atoms with E-state index in [4.69, 9.17) is 9.47 Å². The Balaban J connectivity index is 4.12. The predicted octanol–water partition coefficient (Wildman–Crippen LogP) is 1.36. The van der Waals surface area contributed by atoms with E-state index in [1.807, 2.05) is 7.05 Å². The second-order valence-corrected chi connectivity index (χ2v) is 4.63. The molecule has 0 aliphatic heterocycles. The van der Waals surface area contributed by atoms with Gasteiger partial charge in [0.05, 0.1) is 13.2 Å². The molecule has 0 radical (unpaired) electrons. The molecule has 4 heteroatoms. The monoisotopic (exact) mass is 246 g/mol. The molecule has 2 unspecified atom stereocenters. The van der Waals surface area contributed by atoms with Crippen molar-refractivity contribution >= 4 is 0 Å². The minimum atomic E-state index is 0.444. The molecular formula is C13H30N2O2. The molecule has 0 heterocycles. The van der Waals surface area contributed by atoms with Crippen LogP contribution in [-0.2, 0) is 9.47 Å². The van der Waals surface area contributed by atoms with Crippen molar-refractivity contribution in [3.8, 4) is 0 Å². The SMILES string of the molecule is CNCCCC(C)N(CCOC)C(C)COC. The smallest absolute Gasteiger partial charge is 0.0615 e. The van der Waals surface area contributed by atoms with E-state index < -0.39 is 0 Å². The van der Waals surface area contributed by atoms with Crippen LogP contribution in [0.1, 0.15) is 26.7 Å². The fourth-order valence-corrected chi connectivity index (χ4v) is 2.15. The molecular weight excluding hydrogens is 216 g/mol. The summed E-state index contributed by atoms with van der Waals surface area (Å²) in [6.07, 6.45) is 2.42. The lowest BCUT2D eigenvalue weighted by Crippen LogP contribution is -2.44. The van der Waals surface area contributed by atoms with Crippen molar-refractivity contribution in [2.24, 2.45) is 0 Å². The summed E-state index contributed by atoms with van der Waals surface area (Å²) < 4.78 is 10.4. The third kappa shape index (κ3) is 7.71.